The Balaban J connectivity index is 2.89. The summed E-state index contributed by atoms with van der Waals surface area (Å²) < 4.78 is 36.1. The Kier molecular flexibility index (Phi) is 3.43. The van der Waals surface area contributed by atoms with Crippen molar-refractivity contribution in [1.29, 1.82) is 0 Å². The van der Waals surface area contributed by atoms with Crippen molar-refractivity contribution >= 4 is 11.6 Å². The van der Waals surface area contributed by atoms with Crippen LogP contribution < -0.4 is 0 Å². The molecule has 0 amide bonds. The lowest BCUT2D eigenvalue weighted by atomic mass is 10.1. The molecule has 1 rings (SSSR count). The molecular formula is C10H10ClF3. The van der Waals surface area contributed by atoms with Crippen LogP contribution in [0.1, 0.15) is 18.1 Å². The molecule has 1 aromatic rings. The fourth-order valence-corrected chi connectivity index (χ4v) is 1.44. The third-order valence-corrected chi connectivity index (χ3v) is 2.27. The first-order valence-corrected chi connectivity index (χ1v) is 4.64. The molecule has 0 aromatic heterocycles. The molecule has 0 saturated heterocycles. The second-order valence-electron chi connectivity index (χ2n) is 3.07. The molecule has 0 N–H and O–H groups in total. The Hall–Kier alpha value is -0.700. The lowest BCUT2D eigenvalue weighted by molar-refractivity contribution is -0.127. The summed E-state index contributed by atoms with van der Waals surface area (Å²) in [6, 6.07) is 4.70. The highest BCUT2D eigenvalue weighted by Crippen LogP contribution is 2.26. The average Bonchev–Trinajstić information content (AvgIpc) is 2.06. The molecule has 0 aliphatic rings. The number of hydrogen-bond acceptors (Lipinski definition) is 0. The minimum absolute atomic E-state index is 0.136. The summed E-state index contributed by atoms with van der Waals surface area (Å²) in [5, 5.41) is 0.196. The molecular weight excluding hydrogens is 213 g/mol. The van der Waals surface area contributed by atoms with Crippen LogP contribution in [0.4, 0.5) is 13.2 Å². The number of alkyl halides is 3. The minimum atomic E-state index is -4.20. The van der Waals surface area contributed by atoms with Crippen molar-refractivity contribution in [3.05, 3.63) is 34.3 Å². The largest absolute Gasteiger partial charge is 0.393 e. The van der Waals surface area contributed by atoms with Crippen LogP contribution in [0.15, 0.2) is 18.2 Å². The summed E-state index contributed by atoms with van der Waals surface area (Å²) in [5.74, 6) is 0. The van der Waals surface area contributed by atoms with E-state index in [0.717, 1.165) is 12.0 Å². The third-order valence-electron chi connectivity index (χ3n) is 1.92. The smallest absolute Gasteiger partial charge is 0.171 e. The molecule has 78 valence electrons. The number of hydrogen-bond donors (Lipinski definition) is 0. The van der Waals surface area contributed by atoms with Crippen molar-refractivity contribution in [2.45, 2.75) is 25.9 Å². The monoisotopic (exact) mass is 222 g/mol. The molecule has 0 aliphatic carbocycles. The van der Waals surface area contributed by atoms with Gasteiger partial charge in [0.1, 0.15) is 0 Å². The fraction of sp³-hybridized carbons (Fsp3) is 0.400. The SMILES string of the molecule is CCc1ccc(CC(F)(F)F)c(Cl)c1. The highest BCUT2D eigenvalue weighted by Gasteiger charge is 2.28. The van der Waals surface area contributed by atoms with Crippen molar-refractivity contribution in [1.82, 2.24) is 0 Å². The predicted molar refractivity (Wildman–Crippen MR) is 50.6 cm³/mol. The van der Waals surface area contributed by atoms with Crippen molar-refractivity contribution in [3.8, 4) is 0 Å². The van der Waals surface area contributed by atoms with Gasteiger partial charge < -0.3 is 0 Å². The molecule has 1 aromatic carbocycles. The van der Waals surface area contributed by atoms with E-state index < -0.39 is 12.6 Å². The van der Waals surface area contributed by atoms with E-state index in [1.165, 1.54) is 6.07 Å². The van der Waals surface area contributed by atoms with Crippen LogP contribution in [0, 0.1) is 0 Å². The number of aryl methyl sites for hydroxylation is 1. The Bertz CT molecular complexity index is 318. The standard InChI is InChI=1S/C10H10ClF3/c1-2-7-3-4-8(9(11)5-7)6-10(12,13)14/h3-5H,2,6H2,1H3. The quantitative estimate of drug-likeness (QED) is 0.709. The lowest BCUT2D eigenvalue weighted by Crippen LogP contribution is -2.11. The van der Waals surface area contributed by atoms with Gasteiger partial charge in [0.05, 0.1) is 6.42 Å². The van der Waals surface area contributed by atoms with E-state index in [0.29, 0.717) is 0 Å². The zero-order valence-corrected chi connectivity index (χ0v) is 8.41. The molecule has 0 saturated carbocycles. The van der Waals surface area contributed by atoms with Gasteiger partial charge in [-0.15, -0.1) is 0 Å². The molecule has 14 heavy (non-hydrogen) atoms. The van der Waals surface area contributed by atoms with E-state index in [2.05, 4.69) is 0 Å². The van der Waals surface area contributed by atoms with Gasteiger partial charge in [-0.3, -0.25) is 0 Å². The highest BCUT2D eigenvalue weighted by atomic mass is 35.5. The molecule has 0 nitrogen and oxygen atoms in total. The molecule has 0 heterocycles. The molecule has 0 fully saturated rings. The van der Waals surface area contributed by atoms with Gasteiger partial charge in [-0.1, -0.05) is 30.7 Å². The van der Waals surface area contributed by atoms with Gasteiger partial charge in [0.25, 0.3) is 0 Å². The summed E-state index contributed by atoms with van der Waals surface area (Å²) in [6.45, 7) is 1.93. The molecule has 0 radical (unpaired) electrons. The first kappa shape index (κ1) is 11.4. The molecule has 0 spiro atoms. The van der Waals surface area contributed by atoms with E-state index in [-0.39, 0.29) is 10.6 Å². The average molecular weight is 223 g/mol. The fourth-order valence-electron chi connectivity index (χ4n) is 1.17. The molecule has 0 aliphatic heterocycles. The summed E-state index contributed by atoms with van der Waals surface area (Å²) in [7, 11) is 0. The first-order chi connectivity index (χ1) is 6.42. The Morgan fingerprint density at radius 3 is 2.36 bits per heavy atom. The summed E-state index contributed by atoms with van der Waals surface area (Å²) >= 11 is 5.71. The Morgan fingerprint density at radius 1 is 1.29 bits per heavy atom. The second-order valence-corrected chi connectivity index (χ2v) is 3.48. The number of benzene rings is 1. The van der Waals surface area contributed by atoms with E-state index >= 15 is 0 Å². The van der Waals surface area contributed by atoms with Gasteiger partial charge in [-0.25, -0.2) is 0 Å². The van der Waals surface area contributed by atoms with Crippen molar-refractivity contribution in [2.24, 2.45) is 0 Å². The van der Waals surface area contributed by atoms with E-state index in [9.17, 15) is 13.2 Å². The van der Waals surface area contributed by atoms with Crippen molar-refractivity contribution in [3.63, 3.8) is 0 Å². The van der Waals surface area contributed by atoms with Crippen LogP contribution in [-0.2, 0) is 12.8 Å². The Labute approximate surface area is 85.7 Å². The van der Waals surface area contributed by atoms with Crippen LogP contribution in [0.3, 0.4) is 0 Å². The van der Waals surface area contributed by atoms with Gasteiger partial charge in [-0.05, 0) is 23.6 Å². The van der Waals surface area contributed by atoms with E-state index in [4.69, 9.17) is 11.6 Å². The Morgan fingerprint density at radius 2 is 1.93 bits per heavy atom. The maximum absolute atomic E-state index is 12.0. The maximum atomic E-state index is 12.0. The zero-order chi connectivity index (χ0) is 10.8. The summed E-state index contributed by atoms with van der Waals surface area (Å²) in [4.78, 5) is 0. The molecule has 0 atom stereocenters. The zero-order valence-electron chi connectivity index (χ0n) is 7.66. The first-order valence-electron chi connectivity index (χ1n) is 4.26. The normalized spacial score (nSPS) is 11.8. The second kappa shape index (κ2) is 4.22. The van der Waals surface area contributed by atoms with Gasteiger partial charge in [0.15, 0.2) is 0 Å². The van der Waals surface area contributed by atoms with Gasteiger partial charge in [0, 0.05) is 5.02 Å². The molecule has 4 heteroatoms. The minimum Gasteiger partial charge on any atom is -0.171 e. The lowest BCUT2D eigenvalue weighted by Gasteiger charge is -2.08. The number of rotatable bonds is 2. The highest BCUT2D eigenvalue weighted by molar-refractivity contribution is 6.31. The maximum Gasteiger partial charge on any atom is 0.393 e. The number of halogens is 4. The molecule has 0 bridgehead atoms. The third kappa shape index (κ3) is 3.22. The van der Waals surface area contributed by atoms with E-state index in [1.807, 2.05) is 6.92 Å². The van der Waals surface area contributed by atoms with Gasteiger partial charge >= 0.3 is 6.18 Å². The predicted octanol–water partition coefficient (Wildman–Crippen LogP) is 4.01. The van der Waals surface area contributed by atoms with Crippen LogP contribution in [0.5, 0.6) is 0 Å². The van der Waals surface area contributed by atoms with Crippen LogP contribution in [0.2, 0.25) is 5.02 Å². The van der Waals surface area contributed by atoms with E-state index in [1.54, 1.807) is 12.1 Å². The van der Waals surface area contributed by atoms with Gasteiger partial charge in [0.2, 0.25) is 0 Å². The van der Waals surface area contributed by atoms with Crippen molar-refractivity contribution in [2.75, 3.05) is 0 Å². The summed E-state index contributed by atoms with van der Waals surface area (Å²) in [6.07, 6.45) is -4.39. The van der Waals surface area contributed by atoms with Gasteiger partial charge in [-0.2, -0.15) is 13.2 Å². The van der Waals surface area contributed by atoms with Crippen LogP contribution in [0.25, 0.3) is 0 Å². The van der Waals surface area contributed by atoms with Crippen molar-refractivity contribution < 1.29 is 13.2 Å². The topological polar surface area (TPSA) is 0 Å². The molecule has 0 unspecified atom stereocenters. The summed E-state index contributed by atoms with van der Waals surface area (Å²) in [5.41, 5.74) is 1.08. The van der Waals surface area contributed by atoms with Crippen LogP contribution >= 0.6 is 11.6 Å². The van der Waals surface area contributed by atoms with Crippen LogP contribution in [-0.4, -0.2) is 6.18 Å².